The molecule has 10 heteroatoms. The number of pyridine rings is 2. The number of rotatable bonds is 6. The van der Waals surface area contributed by atoms with Gasteiger partial charge in [-0.2, -0.15) is 5.26 Å². The quantitative estimate of drug-likeness (QED) is 0.446. The van der Waals surface area contributed by atoms with Crippen LogP contribution in [0.25, 0.3) is 0 Å². The van der Waals surface area contributed by atoms with Gasteiger partial charge in [0.05, 0.1) is 10.0 Å². The van der Waals surface area contributed by atoms with Gasteiger partial charge in [0.25, 0.3) is 0 Å². The highest BCUT2D eigenvalue weighted by molar-refractivity contribution is 9.10. The molecule has 0 amide bonds. The number of nitriles is 1. The van der Waals surface area contributed by atoms with E-state index < -0.39 is 11.2 Å². The van der Waals surface area contributed by atoms with Crippen molar-refractivity contribution in [2.24, 2.45) is 0 Å². The van der Waals surface area contributed by atoms with Gasteiger partial charge in [-0.25, -0.2) is 9.97 Å². The number of carbonyl (C=O) groups excluding carboxylic acids is 2. The molecule has 2 aromatic heterocycles. The third kappa shape index (κ3) is 12.1. The average Bonchev–Trinajstić information content (AvgIpc) is 2.73. The third-order valence-corrected chi connectivity index (χ3v) is 5.44. The maximum atomic E-state index is 11.6. The number of nitrogens with two attached hydrogens (primary N) is 2. The Bertz CT molecular complexity index is 1160. The largest absolute Gasteiger partial charge is 0.460 e. The first-order valence-corrected chi connectivity index (χ1v) is 12.7. The van der Waals surface area contributed by atoms with Crippen molar-refractivity contribution in [1.29, 1.82) is 5.26 Å². The van der Waals surface area contributed by atoms with Gasteiger partial charge in [0.15, 0.2) is 0 Å². The van der Waals surface area contributed by atoms with Crippen LogP contribution in [0.1, 0.15) is 82.5 Å². The Kier molecular flexibility index (Phi) is 11.5. The molecule has 0 fully saturated rings. The van der Waals surface area contributed by atoms with Gasteiger partial charge in [0.1, 0.15) is 28.9 Å². The van der Waals surface area contributed by atoms with Crippen LogP contribution in [0.2, 0.25) is 0 Å². The minimum absolute atomic E-state index is 0.199. The van der Waals surface area contributed by atoms with Crippen LogP contribution in [0.5, 0.6) is 0 Å². The summed E-state index contributed by atoms with van der Waals surface area (Å²) in [5.41, 5.74) is 14.1. The number of esters is 2. The number of hydrogen-bond acceptors (Lipinski definition) is 9. The first kappa shape index (κ1) is 31.8. The average molecular weight is 577 g/mol. The number of aryl methyl sites for hydroxylation is 4. The van der Waals surface area contributed by atoms with E-state index in [0.717, 1.165) is 27.0 Å². The molecule has 0 atom stereocenters. The van der Waals surface area contributed by atoms with Crippen LogP contribution in [0.3, 0.4) is 0 Å². The van der Waals surface area contributed by atoms with Crippen molar-refractivity contribution in [2.45, 2.75) is 92.3 Å². The summed E-state index contributed by atoms with van der Waals surface area (Å²) >= 11 is 3.33. The summed E-state index contributed by atoms with van der Waals surface area (Å²) in [6.07, 6.45) is 1.69. The van der Waals surface area contributed by atoms with Gasteiger partial charge in [-0.1, -0.05) is 0 Å². The van der Waals surface area contributed by atoms with Crippen molar-refractivity contribution < 1.29 is 19.1 Å². The Morgan fingerprint density at radius 3 is 1.68 bits per heavy atom. The van der Waals surface area contributed by atoms with Gasteiger partial charge in [-0.3, -0.25) is 9.59 Å². The molecule has 0 saturated heterocycles. The zero-order valence-electron chi connectivity index (χ0n) is 23.0. The molecule has 0 bridgehead atoms. The van der Waals surface area contributed by atoms with Crippen molar-refractivity contribution >= 4 is 39.5 Å². The lowest BCUT2D eigenvalue weighted by molar-refractivity contribution is -0.155. The Balaban J connectivity index is 0.000000371. The minimum atomic E-state index is -0.483. The molecule has 0 aliphatic rings. The van der Waals surface area contributed by atoms with Crippen molar-refractivity contribution in [3.8, 4) is 6.07 Å². The Hall–Kier alpha value is -3.19. The SMILES string of the molecule is Cc1nc(N)c(Br)cc1CCC(=O)OC(C)(C)C.Cc1nc(N)c(C#N)cc1CCC(=O)OC(C)(C)C. The van der Waals surface area contributed by atoms with E-state index in [1.54, 1.807) is 6.07 Å². The summed E-state index contributed by atoms with van der Waals surface area (Å²) in [6.45, 7) is 14.7. The minimum Gasteiger partial charge on any atom is -0.460 e. The van der Waals surface area contributed by atoms with E-state index >= 15 is 0 Å². The molecule has 9 nitrogen and oxygen atoms in total. The molecule has 0 saturated carbocycles. The van der Waals surface area contributed by atoms with Crippen molar-refractivity contribution in [3.05, 3.63) is 44.7 Å². The number of nitrogen functional groups attached to an aromatic ring is 2. The number of nitrogens with zero attached hydrogens (tertiary/aromatic N) is 3. The summed E-state index contributed by atoms with van der Waals surface area (Å²) in [5.74, 6) is 0.228. The second kappa shape index (κ2) is 13.4. The van der Waals surface area contributed by atoms with Gasteiger partial charge in [0, 0.05) is 24.2 Å². The summed E-state index contributed by atoms with van der Waals surface area (Å²) in [7, 11) is 0. The van der Waals surface area contributed by atoms with Crippen molar-refractivity contribution in [1.82, 2.24) is 9.97 Å². The molecular formula is C27H38BrN5O4. The predicted octanol–water partition coefficient (Wildman–Crippen LogP) is 5.13. The van der Waals surface area contributed by atoms with Crippen LogP contribution in [-0.4, -0.2) is 33.1 Å². The maximum absolute atomic E-state index is 11.6. The van der Waals surface area contributed by atoms with E-state index in [1.165, 1.54) is 0 Å². The fourth-order valence-corrected chi connectivity index (χ4v) is 3.52. The van der Waals surface area contributed by atoms with E-state index in [0.29, 0.717) is 30.6 Å². The van der Waals surface area contributed by atoms with Crippen LogP contribution < -0.4 is 11.5 Å². The molecule has 202 valence electrons. The first-order valence-electron chi connectivity index (χ1n) is 11.9. The fraction of sp³-hybridized carbons (Fsp3) is 0.519. The molecule has 0 spiro atoms. The summed E-state index contributed by atoms with van der Waals surface area (Å²) in [6, 6.07) is 5.57. The molecule has 37 heavy (non-hydrogen) atoms. The predicted molar refractivity (Wildman–Crippen MR) is 148 cm³/mol. The molecule has 0 aliphatic heterocycles. The van der Waals surface area contributed by atoms with Gasteiger partial charge in [-0.15, -0.1) is 0 Å². The Morgan fingerprint density at radius 2 is 1.27 bits per heavy atom. The number of hydrogen-bond donors (Lipinski definition) is 2. The monoisotopic (exact) mass is 575 g/mol. The topological polar surface area (TPSA) is 154 Å². The Labute approximate surface area is 228 Å². The van der Waals surface area contributed by atoms with E-state index in [2.05, 4.69) is 25.9 Å². The zero-order valence-corrected chi connectivity index (χ0v) is 24.6. The van der Waals surface area contributed by atoms with Crippen LogP contribution in [-0.2, 0) is 31.9 Å². The lowest BCUT2D eigenvalue weighted by Gasteiger charge is -2.19. The maximum Gasteiger partial charge on any atom is 0.306 e. The van der Waals surface area contributed by atoms with Gasteiger partial charge >= 0.3 is 11.9 Å². The van der Waals surface area contributed by atoms with E-state index in [4.69, 9.17) is 26.2 Å². The molecule has 2 rings (SSSR count). The first-order chi connectivity index (χ1) is 16.9. The standard InChI is InChI=1S/C14H19N3O2.C13H19BrN2O2/c1-9-10(7-11(8-15)13(16)17-9)5-6-12(18)19-14(2,3)4;1-8-9(7-10(14)12(15)16-8)5-6-11(17)18-13(2,3)4/h7H,5-6H2,1-4H3,(H2,16,17);7H,5-6H2,1-4H3,(H2,15,16). The van der Waals surface area contributed by atoms with Crippen LogP contribution in [0, 0.1) is 25.2 Å². The number of aromatic nitrogens is 2. The lowest BCUT2D eigenvalue weighted by Crippen LogP contribution is -2.24. The van der Waals surface area contributed by atoms with Gasteiger partial charge in [0.2, 0.25) is 0 Å². The van der Waals surface area contributed by atoms with Crippen LogP contribution in [0.4, 0.5) is 11.6 Å². The second-order valence-corrected chi connectivity index (χ2v) is 11.4. The summed E-state index contributed by atoms with van der Waals surface area (Å²) in [5, 5.41) is 8.90. The number of halogens is 1. The lowest BCUT2D eigenvalue weighted by atomic mass is 10.1. The zero-order chi connectivity index (χ0) is 28.6. The summed E-state index contributed by atoms with van der Waals surface area (Å²) < 4.78 is 11.2. The Morgan fingerprint density at radius 1 is 0.865 bits per heavy atom. The molecule has 0 aromatic carbocycles. The van der Waals surface area contributed by atoms with Gasteiger partial charge < -0.3 is 20.9 Å². The third-order valence-electron chi connectivity index (χ3n) is 4.80. The molecule has 0 unspecified atom stereocenters. The molecule has 2 aromatic rings. The highest BCUT2D eigenvalue weighted by Gasteiger charge is 2.18. The van der Waals surface area contributed by atoms with E-state index in [9.17, 15) is 9.59 Å². The van der Waals surface area contributed by atoms with Crippen molar-refractivity contribution in [3.63, 3.8) is 0 Å². The van der Waals surface area contributed by atoms with E-state index in [-0.39, 0.29) is 24.2 Å². The molecule has 0 radical (unpaired) electrons. The molecule has 0 aliphatic carbocycles. The van der Waals surface area contributed by atoms with Gasteiger partial charge in [-0.05, 0) is 107 Å². The number of anilines is 2. The smallest absolute Gasteiger partial charge is 0.306 e. The highest BCUT2D eigenvalue weighted by Crippen LogP contribution is 2.22. The van der Waals surface area contributed by atoms with Crippen molar-refractivity contribution in [2.75, 3.05) is 11.5 Å². The van der Waals surface area contributed by atoms with Crippen LogP contribution >= 0.6 is 15.9 Å². The molecular weight excluding hydrogens is 538 g/mol. The molecule has 4 N–H and O–H groups in total. The van der Waals surface area contributed by atoms with E-state index in [1.807, 2.05) is 67.5 Å². The molecule has 2 heterocycles. The second-order valence-electron chi connectivity index (χ2n) is 10.6. The highest BCUT2D eigenvalue weighted by atomic mass is 79.9. The van der Waals surface area contributed by atoms with Crippen LogP contribution in [0.15, 0.2) is 16.6 Å². The normalized spacial score (nSPS) is 11.1. The number of ether oxygens (including phenoxy) is 2. The fourth-order valence-electron chi connectivity index (χ4n) is 3.16. The number of carbonyl (C=O) groups is 2. The summed E-state index contributed by atoms with van der Waals surface area (Å²) in [4.78, 5) is 31.6.